The van der Waals surface area contributed by atoms with E-state index in [-0.39, 0.29) is 12.2 Å². The summed E-state index contributed by atoms with van der Waals surface area (Å²) < 4.78 is 21.4. The number of amides is 2. The van der Waals surface area contributed by atoms with Crippen LogP contribution >= 0.6 is 0 Å². The van der Waals surface area contributed by atoms with Crippen molar-refractivity contribution in [3.63, 3.8) is 0 Å². The molecule has 0 bridgehead atoms. The van der Waals surface area contributed by atoms with Gasteiger partial charge in [0.2, 0.25) is 0 Å². The lowest BCUT2D eigenvalue weighted by Gasteiger charge is -2.28. The molecule has 2 atom stereocenters. The van der Waals surface area contributed by atoms with Crippen molar-refractivity contribution in [3.8, 4) is 17.2 Å². The molecule has 0 radical (unpaired) electrons. The summed E-state index contributed by atoms with van der Waals surface area (Å²) in [7, 11) is 1.26. The average Bonchev–Trinajstić information content (AvgIpc) is 2.88. The van der Waals surface area contributed by atoms with Gasteiger partial charge in [-0.1, -0.05) is 18.2 Å². The van der Waals surface area contributed by atoms with Crippen LogP contribution in [-0.4, -0.2) is 55.8 Å². The van der Waals surface area contributed by atoms with Crippen LogP contribution in [0.2, 0.25) is 0 Å². The summed E-state index contributed by atoms with van der Waals surface area (Å²) in [6, 6.07) is 10.5. The van der Waals surface area contributed by atoms with Gasteiger partial charge >= 0.3 is 18.0 Å². The van der Waals surface area contributed by atoms with E-state index in [1.165, 1.54) is 20.2 Å². The molecule has 1 heterocycles. The number of urea groups is 1. The average molecular weight is 527 g/mol. The smallest absolute Gasteiger partial charge is 0.337 e. The predicted molar refractivity (Wildman–Crippen MR) is 137 cm³/mol. The number of nitrogens with one attached hydrogen (secondary N) is 3. The first-order chi connectivity index (χ1) is 18.2. The molecule has 12 heteroatoms. The van der Waals surface area contributed by atoms with Crippen LogP contribution in [0.3, 0.4) is 0 Å². The van der Waals surface area contributed by atoms with Gasteiger partial charge in [0.05, 0.1) is 31.5 Å². The van der Waals surface area contributed by atoms with Gasteiger partial charge in [-0.05, 0) is 43.7 Å². The van der Waals surface area contributed by atoms with Gasteiger partial charge in [0.25, 0.3) is 0 Å². The number of nitrogens with zero attached hydrogens (tertiary/aromatic N) is 1. The largest absolute Gasteiger partial charge is 0.490 e. The van der Waals surface area contributed by atoms with Gasteiger partial charge in [-0.25, -0.2) is 9.59 Å². The number of rotatable bonds is 11. The van der Waals surface area contributed by atoms with Crippen LogP contribution in [0.15, 0.2) is 58.8 Å². The number of esters is 2. The quantitative estimate of drug-likeness (QED) is 0.113. The van der Waals surface area contributed by atoms with Crippen LogP contribution < -0.4 is 30.3 Å². The summed E-state index contributed by atoms with van der Waals surface area (Å²) >= 11 is 0. The molecule has 4 N–H and O–H groups in total. The maximum Gasteiger partial charge on any atom is 0.337 e. The van der Waals surface area contributed by atoms with E-state index in [1.807, 2.05) is 0 Å². The van der Waals surface area contributed by atoms with E-state index >= 15 is 0 Å². The van der Waals surface area contributed by atoms with Gasteiger partial charge in [-0.2, -0.15) is 5.10 Å². The fraction of sp³-hybridized carbons (Fsp3) is 0.308. The third-order valence-electron chi connectivity index (χ3n) is 5.27. The van der Waals surface area contributed by atoms with Gasteiger partial charge in [-0.3, -0.25) is 10.2 Å². The second kappa shape index (κ2) is 13.1. The van der Waals surface area contributed by atoms with Crippen LogP contribution in [-0.2, 0) is 14.3 Å². The Morgan fingerprint density at radius 3 is 2.63 bits per heavy atom. The second-order valence-corrected chi connectivity index (χ2v) is 8.05. The first kappa shape index (κ1) is 28.0. The molecule has 38 heavy (non-hydrogen) atoms. The summed E-state index contributed by atoms with van der Waals surface area (Å²) in [6.45, 7) is 4.85. The Balaban J connectivity index is 1.70. The minimum atomic E-state index is -1.18. The fourth-order valence-corrected chi connectivity index (χ4v) is 3.65. The van der Waals surface area contributed by atoms with Crippen molar-refractivity contribution in [2.24, 2.45) is 5.10 Å². The lowest BCUT2D eigenvalue weighted by atomic mass is 9.95. The van der Waals surface area contributed by atoms with E-state index in [0.29, 0.717) is 40.7 Å². The molecule has 1 aliphatic heterocycles. The molecule has 0 fully saturated rings. The molecule has 202 valence electrons. The molecule has 1 aliphatic rings. The molecule has 3 rings (SSSR count). The van der Waals surface area contributed by atoms with Gasteiger partial charge in [0.1, 0.15) is 12.4 Å². The Kier molecular flexibility index (Phi) is 9.66. The second-order valence-electron chi connectivity index (χ2n) is 8.05. The SMILES string of the molecule is CCOc1cc([C@H]2NC(=O)NC(C)=C2C(=O)OC)ccc1OC[C@H](O)N/N=C/c1ccccc1OC(C)=O. The molecule has 12 nitrogen and oxygen atoms in total. The van der Waals surface area contributed by atoms with Crippen molar-refractivity contribution in [1.82, 2.24) is 16.1 Å². The van der Waals surface area contributed by atoms with Crippen molar-refractivity contribution in [3.05, 3.63) is 64.9 Å². The maximum atomic E-state index is 12.4. The van der Waals surface area contributed by atoms with Crippen molar-refractivity contribution < 1.29 is 38.4 Å². The van der Waals surface area contributed by atoms with E-state index in [9.17, 15) is 19.5 Å². The first-order valence-corrected chi connectivity index (χ1v) is 11.7. The summed E-state index contributed by atoms with van der Waals surface area (Å²) in [4.78, 5) is 35.7. The van der Waals surface area contributed by atoms with Crippen molar-refractivity contribution in [2.45, 2.75) is 33.0 Å². The molecule has 2 aromatic rings. The third kappa shape index (κ3) is 7.23. The van der Waals surface area contributed by atoms with Crippen LogP contribution in [0, 0.1) is 0 Å². The number of aliphatic hydroxyl groups is 1. The minimum Gasteiger partial charge on any atom is -0.490 e. The number of methoxy groups -OCH3 is 1. The Labute approximate surface area is 219 Å². The molecule has 0 saturated carbocycles. The standard InChI is InChI=1S/C26H30N4O8/c1-5-36-21-12-17(24-23(25(33)35-4)15(2)28-26(34)29-24)10-11-20(21)37-14-22(32)30-27-13-18-8-6-7-9-19(18)38-16(3)31/h6-13,22,24,30,32H,5,14H2,1-4H3,(H2,28,29,34)/b27-13+/t22-,24+/m0/s1. The molecule has 0 unspecified atom stereocenters. The minimum absolute atomic E-state index is 0.182. The summed E-state index contributed by atoms with van der Waals surface area (Å²) in [5.74, 6) is -0.0166. The van der Waals surface area contributed by atoms with Crippen LogP contribution in [0.5, 0.6) is 17.2 Å². The Morgan fingerprint density at radius 1 is 1.16 bits per heavy atom. The van der Waals surface area contributed by atoms with Crippen molar-refractivity contribution >= 4 is 24.2 Å². The summed E-state index contributed by atoms with van der Waals surface area (Å²) in [5.41, 5.74) is 4.30. The molecule has 0 spiro atoms. The summed E-state index contributed by atoms with van der Waals surface area (Å²) in [5, 5.41) is 19.5. The number of allylic oxidation sites excluding steroid dienone is 1. The zero-order valence-corrected chi connectivity index (χ0v) is 21.4. The topological polar surface area (TPSA) is 157 Å². The monoisotopic (exact) mass is 526 g/mol. The van der Waals surface area contributed by atoms with Gasteiger partial charge in [0, 0.05) is 18.2 Å². The normalized spacial score (nSPS) is 15.8. The van der Waals surface area contributed by atoms with E-state index in [2.05, 4.69) is 21.2 Å². The number of carbonyl (C=O) groups excluding carboxylic acids is 3. The van der Waals surface area contributed by atoms with E-state index in [1.54, 1.807) is 56.3 Å². The lowest BCUT2D eigenvalue weighted by Crippen LogP contribution is -2.45. The number of hydrogen-bond acceptors (Lipinski definition) is 10. The molecular formula is C26H30N4O8. The zero-order chi connectivity index (χ0) is 27.7. The maximum absolute atomic E-state index is 12.4. The molecule has 0 aliphatic carbocycles. The highest BCUT2D eigenvalue weighted by Gasteiger charge is 2.32. The van der Waals surface area contributed by atoms with Gasteiger partial charge in [-0.15, -0.1) is 0 Å². The van der Waals surface area contributed by atoms with E-state index in [4.69, 9.17) is 18.9 Å². The van der Waals surface area contributed by atoms with E-state index in [0.717, 1.165) is 0 Å². The molecular weight excluding hydrogens is 496 g/mol. The number of hydrazone groups is 1. The number of benzene rings is 2. The van der Waals surface area contributed by atoms with Gasteiger partial charge < -0.3 is 34.7 Å². The Hall–Kier alpha value is -4.58. The van der Waals surface area contributed by atoms with Crippen molar-refractivity contribution in [1.29, 1.82) is 0 Å². The van der Waals surface area contributed by atoms with Gasteiger partial charge in [0.15, 0.2) is 17.7 Å². The predicted octanol–water partition coefficient (Wildman–Crippen LogP) is 2.13. The highest BCUT2D eigenvalue weighted by Crippen LogP contribution is 2.34. The third-order valence-corrected chi connectivity index (χ3v) is 5.27. The summed E-state index contributed by atoms with van der Waals surface area (Å²) in [6.07, 6.45) is 0.227. The Bertz CT molecular complexity index is 1240. The van der Waals surface area contributed by atoms with E-state index < -0.39 is 30.2 Å². The molecule has 0 aromatic heterocycles. The zero-order valence-electron chi connectivity index (χ0n) is 21.4. The number of carbonyl (C=O) groups is 3. The number of hydrogen-bond donors (Lipinski definition) is 4. The highest BCUT2D eigenvalue weighted by atomic mass is 16.5. The Morgan fingerprint density at radius 2 is 1.92 bits per heavy atom. The molecule has 2 aromatic carbocycles. The molecule has 2 amide bonds. The van der Waals surface area contributed by atoms with Crippen molar-refractivity contribution in [2.75, 3.05) is 20.3 Å². The van der Waals surface area contributed by atoms with Crippen LogP contribution in [0.4, 0.5) is 4.79 Å². The fourth-order valence-electron chi connectivity index (χ4n) is 3.65. The van der Waals surface area contributed by atoms with Crippen LogP contribution in [0.25, 0.3) is 0 Å². The number of para-hydroxylation sites is 1. The van der Waals surface area contributed by atoms with Crippen LogP contribution in [0.1, 0.15) is 37.9 Å². The number of ether oxygens (including phenoxy) is 4. The highest BCUT2D eigenvalue weighted by molar-refractivity contribution is 5.95. The number of aliphatic hydroxyl groups excluding tert-OH is 1. The lowest BCUT2D eigenvalue weighted by molar-refractivity contribution is -0.136. The first-order valence-electron chi connectivity index (χ1n) is 11.7. The molecule has 0 saturated heterocycles.